The molecule has 5 nitrogen and oxygen atoms in total. The van der Waals surface area contributed by atoms with Gasteiger partial charge in [0.25, 0.3) is 11.8 Å². The van der Waals surface area contributed by atoms with Crippen molar-refractivity contribution in [2.24, 2.45) is 5.92 Å². The molecule has 0 aromatic carbocycles. The Bertz CT molecular complexity index is 537. The summed E-state index contributed by atoms with van der Waals surface area (Å²) in [6.07, 6.45) is 2.10. The molecule has 2 aliphatic rings. The number of hydrogen-bond donors (Lipinski definition) is 1. The molecule has 1 aliphatic carbocycles. The largest absolute Gasteiger partial charge is 0.360 e. The van der Waals surface area contributed by atoms with Gasteiger partial charge in [0.15, 0.2) is 5.69 Å². The highest BCUT2D eigenvalue weighted by molar-refractivity contribution is 5.92. The number of hydrogen-bond acceptors (Lipinski definition) is 4. The smallest absolute Gasteiger partial charge is 0.273 e. The fourth-order valence-corrected chi connectivity index (χ4v) is 2.86. The van der Waals surface area contributed by atoms with Crippen molar-refractivity contribution in [3.63, 3.8) is 0 Å². The van der Waals surface area contributed by atoms with Gasteiger partial charge >= 0.3 is 0 Å². The number of halogens is 2. The normalized spacial score (nSPS) is 27.0. The van der Waals surface area contributed by atoms with E-state index in [2.05, 4.69) is 10.5 Å². The lowest BCUT2D eigenvalue weighted by molar-refractivity contribution is -0.0419. The second-order valence-corrected chi connectivity index (χ2v) is 6.25. The molecule has 116 valence electrons. The minimum absolute atomic E-state index is 0.171. The van der Waals surface area contributed by atoms with Gasteiger partial charge < -0.3 is 14.7 Å². The number of alkyl halides is 2. The molecular weight excluding hydrogens is 280 g/mol. The second kappa shape index (κ2) is 5.05. The number of nitrogens with one attached hydrogen (secondary N) is 1. The molecule has 0 spiro atoms. The van der Waals surface area contributed by atoms with E-state index in [1.807, 2.05) is 0 Å². The lowest BCUT2D eigenvalue weighted by Crippen LogP contribution is -2.45. The molecule has 1 saturated heterocycles. The summed E-state index contributed by atoms with van der Waals surface area (Å²) in [7, 11) is 1.77. The fraction of sp³-hybridized carbons (Fsp3) is 0.714. The first kappa shape index (κ1) is 14.4. The zero-order valence-electron chi connectivity index (χ0n) is 12.1. The molecule has 1 saturated carbocycles. The molecule has 7 heteroatoms. The van der Waals surface area contributed by atoms with E-state index in [0.29, 0.717) is 18.2 Å². The summed E-state index contributed by atoms with van der Waals surface area (Å²) in [5.74, 6) is -3.09. The van der Waals surface area contributed by atoms with Crippen LogP contribution in [0.1, 0.15) is 41.9 Å². The average molecular weight is 299 g/mol. The number of aromatic nitrogens is 1. The van der Waals surface area contributed by atoms with E-state index in [1.165, 1.54) is 0 Å². The lowest BCUT2D eigenvalue weighted by Gasteiger charge is -2.24. The zero-order valence-corrected chi connectivity index (χ0v) is 12.1. The Hall–Kier alpha value is -1.50. The van der Waals surface area contributed by atoms with Crippen molar-refractivity contribution >= 4 is 5.91 Å². The van der Waals surface area contributed by atoms with Crippen LogP contribution in [0.25, 0.3) is 0 Å². The Kier molecular flexibility index (Phi) is 3.47. The van der Waals surface area contributed by atoms with Crippen LogP contribution < -0.4 is 5.32 Å². The first-order valence-electron chi connectivity index (χ1n) is 7.18. The van der Waals surface area contributed by atoms with Gasteiger partial charge in [0.2, 0.25) is 0 Å². The first-order valence-corrected chi connectivity index (χ1v) is 7.18. The van der Waals surface area contributed by atoms with Gasteiger partial charge in [-0.1, -0.05) is 5.16 Å². The maximum absolute atomic E-state index is 13.6. The van der Waals surface area contributed by atoms with Crippen LogP contribution >= 0.6 is 0 Å². The highest BCUT2D eigenvalue weighted by Gasteiger charge is 2.45. The minimum Gasteiger partial charge on any atom is -0.360 e. The third-order valence-corrected chi connectivity index (χ3v) is 4.21. The summed E-state index contributed by atoms with van der Waals surface area (Å²) in [6, 6.07) is 1.04. The van der Waals surface area contributed by atoms with Gasteiger partial charge in [0, 0.05) is 25.1 Å². The van der Waals surface area contributed by atoms with Crippen LogP contribution in [0, 0.1) is 5.92 Å². The average Bonchev–Trinajstić information content (AvgIpc) is 2.98. The number of rotatable bonds is 4. The Morgan fingerprint density at radius 3 is 2.81 bits per heavy atom. The number of carbonyl (C=O) groups excluding carboxylic acids is 1. The molecule has 1 aromatic rings. The number of carbonyl (C=O) groups is 1. The zero-order chi connectivity index (χ0) is 15.2. The maximum Gasteiger partial charge on any atom is 0.273 e. The minimum atomic E-state index is -2.83. The molecular formula is C14H19F2N3O2. The number of likely N-dealkylation sites (tertiary alicyclic amines) is 1. The predicted octanol–water partition coefficient (Wildman–Crippen LogP) is 1.87. The van der Waals surface area contributed by atoms with Gasteiger partial charge in [-0.25, -0.2) is 8.78 Å². The van der Waals surface area contributed by atoms with Crippen LogP contribution in [0.15, 0.2) is 10.6 Å². The van der Waals surface area contributed by atoms with Crippen molar-refractivity contribution in [3.8, 4) is 0 Å². The van der Waals surface area contributed by atoms with Crippen molar-refractivity contribution < 1.29 is 18.1 Å². The fourth-order valence-electron chi connectivity index (χ4n) is 2.86. The Morgan fingerprint density at radius 2 is 2.19 bits per heavy atom. The number of likely N-dealkylation sites (N-methyl/N-ethyl adjacent to an activating group) is 1. The van der Waals surface area contributed by atoms with Crippen molar-refractivity contribution in [2.75, 3.05) is 20.1 Å². The molecule has 1 aliphatic heterocycles. The van der Waals surface area contributed by atoms with Crippen LogP contribution in [-0.2, 0) is 0 Å². The van der Waals surface area contributed by atoms with E-state index in [9.17, 15) is 13.6 Å². The molecule has 1 amide bonds. The molecule has 0 radical (unpaired) electrons. The van der Waals surface area contributed by atoms with E-state index in [1.54, 1.807) is 18.0 Å². The third-order valence-electron chi connectivity index (χ3n) is 4.21. The van der Waals surface area contributed by atoms with E-state index in [-0.39, 0.29) is 12.2 Å². The van der Waals surface area contributed by atoms with Gasteiger partial charge in [-0.05, 0) is 26.8 Å². The molecule has 3 rings (SSSR count). The summed E-state index contributed by atoms with van der Waals surface area (Å²) in [4.78, 5) is 13.9. The Morgan fingerprint density at radius 1 is 1.48 bits per heavy atom. The third kappa shape index (κ3) is 3.07. The number of amides is 1. The van der Waals surface area contributed by atoms with E-state index in [0.717, 1.165) is 19.8 Å². The van der Waals surface area contributed by atoms with Crippen molar-refractivity contribution in [1.82, 2.24) is 15.4 Å². The summed E-state index contributed by atoms with van der Waals surface area (Å²) in [5.41, 5.74) is 0.171. The monoisotopic (exact) mass is 299 g/mol. The van der Waals surface area contributed by atoms with Gasteiger partial charge in [0.05, 0.1) is 12.0 Å². The summed E-state index contributed by atoms with van der Waals surface area (Å²) in [6.45, 7) is 1.57. The standard InChI is InChI=1S/C14H19F2N3O2/c1-14(15,16)9-6-19(2)7-11(9)17-13(20)10-5-12(21-18-10)8-3-4-8/h5,8-9,11H,3-4,6-7H2,1-2H3,(H,17,20)/t9-,11-/m1/s1. The van der Waals surface area contributed by atoms with Crippen LogP contribution in [0.4, 0.5) is 8.78 Å². The van der Waals surface area contributed by atoms with Crippen LogP contribution in [0.3, 0.4) is 0 Å². The SMILES string of the molecule is CN1C[C@@H](C(C)(F)F)[C@H](NC(=O)c2cc(C3CC3)on2)C1. The molecule has 2 heterocycles. The Balaban J connectivity index is 1.67. The first-order chi connectivity index (χ1) is 9.84. The van der Waals surface area contributed by atoms with Crippen LogP contribution in [0.2, 0.25) is 0 Å². The molecule has 2 fully saturated rings. The number of nitrogens with zero attached hydrogens (tertiary/aromatic N) is 2. The van der Waals surface area contributed by atoms with Gasteiger partial charge in [0.1, 0.15) is 5.76 Å². The van der Waals surface area contributed by atoms with Gasteiger partial charge in [-0.15, -0.1) is 0 Å². The second-order valence-electron chi connectivity index (χ2n) is 6.25. The van der Waals surface area contributed by atoms with Crippen molar-refractivity contribution in [3.05, 3.63) is 17.5 Å². The Labute approximate surface area is 121 Å². The lowest BCUT2D eigenvalue weighted by atomic mass is 9.97. The van der Waals surface area contributed by atoms with E-state index < -0.39 is 23.8 Å². The van der Waals surface area contributed by atoms with Crippen LogP contribution in [0.5, 0.6) is 0 Å². The summed E-state index contributed by atoms with van der Waals surface area (Å²) in [5, 5.41) is 6.41. The quantitative estimate of drug-likeness (QED) is 0.922. The highest BCUT2D eigenvalue weighted by atomic mass is 19.3. The molecule has 2 atom stereocenters. The van der Waals surface area contributed by atoms with Gasteiger partial charge in [-0.2, -0.15) is 0 Å². The molecule has 1 aromatic heterocycles. The highest BCUT2D eigenvalue weighted by Crippen LogP contribution is 2.40. The molecule has 0 bridgehead atoms. The summed E-state index contributed by atoms with van der Waals surface area (Å²) >= 11 is 0. The molecule has 21 heavy (non-hydrogen) atoms. The molecule has 1 N–H and O–H groups in total. The van der Waals surface area contributed by atoms with E-state index >= 15 is 0 Å². The van der Waals surface area contributed by atoms with E-state index in [4.69, 9.17) is 4.52 Å². The topological polar surface area (TPSA) is 58.4 Å². The predicted molar refractivity (Wildman–Crippen MR) is 71.3 cm³/mol. The molecule has 0 unspecified atom stereocenters. The maximum atomic E-state index is 13.6. The van der Waals surface area contributed by atoms with Gasteiger partial charge in [-0.3, -0.25) is 4.79 Å². The van der Waals surface area contributed by atoms with Crippen molar-refractivity contribution in [2.45, 2.75) is 37.6 Å². The summed E-state index contributed by atoms with van der Waals surface area (Å²) < 4.78 is 32.3. The van der Waals surface area contributed by atoms with Crippen LogP contribution in [-0.4, -0.2) is 48.1 Å². The van der Waals surface area contributed by atoms with Crippen molar-refractivity contribution in [1.29, 1.82) is 0 Å².